The fraction of sp³-hybridized carbons (Fsp3) is 0.214. The number of rotatable bonds is 2. The lowest BCUT2D eigenvalue weighted by atomic mass is 9.72. The summed E-state index contributed by atoms with van der Waals surface area (Å²) in [6, 6.07) is 21.5. The molecule has 3 aromatic carbocycles. The number of anilines is 2. The summed E-state index contributed by atoms with van der Waals surface area (Å²) in [6.45, 7) is 4.10. The van der Waals surface area contributed by atoms with Gasteiger partial charge in [-0.3, -0.25) is 14.5 Å². The van der Waals surface area contributed by atoms with Crippen LogP contribution in [0.2, 0.25) is 10.0 Å². The van der Waals surface area contributed by atoms with Crippen LogP contribution in [0.15, 0.2) is 84.6 Å². The van der Waals surface area contributed by atoms with E-state index >= 15 is 0 Å². The molecule has 6 heteroatoms. The van der Waals surface area contributed by atoms with Crippen molar-refractivity contribution in [3.63, 3.8) is 0 Å². The molecule has 0 radical (unpaired) electrons. The Labute approximate surface area is 209 Å². The van der Waals surface area contributed by atoms with Crippen LogP contribution >= 0.6 is 23.2 Å². The van der Waals surface area contributed by atoms with Gasteiger partial charge in [0.05, 0.1) is 33.4 Å². The van der Waals surface area contributed by atoms with Gasteiger partial charge in [0.1, 0.15) is 5.78 Å². The van der Waals surface area contributed by atoms with E-state index < -0.39 is 12.0 Å². The number of nitrogens with one attached hydrogen (secondary N) is 1. The van der Waals surface area contributed by atoms with E-state index in [0.29, 0.717) is 27.7 Å². The lowest BCUT2D eigenvalue weighted by Crippen LogP contribution is -2.43. The highest BCUT2D eigenvalue weighted by Crippen LogP contribution is 2.49. The molecule has 34 heavy (non-hydrogen) atoms. The fourth-order valence-electron chi connectivity index (χ4n) is 4.99. The number of ketones is 1. The number of carbonyl (C=O) groups is 2. The zero-order valence-electron chi connectivity index (χ0n) is 18.9. The molecule has 2 atom stereocenters. The highest BCUT2D eigenvalue weighted by molar-refractivity contribution is 6.42. The summed E-state index contributed by atoms with van der Waals surface area (Å²) < 4.78 is 0. The molecule has 1 N–H and O–H groups in total. The van der Waals surface area contributed by atoms with Crippen LogP contribution in [-0.2, 0) is 4.79 Å². The predicted molar refractivity (Wildman–Crippen MR) is 137 cm³/mol. The minimum atomic E-state index is -0.603. The summed E-state index contributed by atoms with van der Waals surface area (Å²) in [5, 5.41) is 4.30. The maximum Gasteiger partial charge on any atom is 0.258 e. The first-order chi connectivity index (χ1) is 16.2. The van der Waals surface area contributed by atoms with E-state index in [1.54, 1.807) is 29.2 Å². The topological polar surface area (TPSA) is 49.4 Å². The molecule has 1 aliphatic carbocycles. The Morgan fingerprint density at radius 2 is 1.68 bits per heavy atom. The number of benzene rings is 3. The van der Waals surface area contributed by atoms with Crippen molar-refractivity contribution in [1.29, 1.82) is 0 Å². The van der Waals surface area contributed by atoms with Crippen LogP contribution in [0, 0.1) is 11.3 Å². The van der Waals surface area contributed by atoms with Crippen molar-refractivity contribution in [2.75, 3.05) is 10.2 Å². The molecule has 1 heterocycles. The van der Waals surface area contributed by atoms with Crippen LogP contribution in [0.4, 0.5) is 11.4 Å². The number of carbonyl (C=O) groups excluding carboxylic acids is 2. The molecule has 0 bridgehead atoms. The first-order valence-electron chi connectivity index (χ1n) is 11.2. The van der Waals surface area contributed by atoms with Gasteiger partial charge in [-0.2, -0.15) is 0 Å². The second-order valence-corrected chi connectivity index (χ2v) is 10.3. The van der Waals surface area contributed by atoms with Crippen molar-refractivity contribution >= 4 is 46.3 Å². The average Bonchev–Trinajstić information content (AvgIpc) is 2.94. The number of nitrogens with zero attached hydrogens (tertiary/aromatic N) is 1. The first-order valence-corrected chi connectivity index (χ1v) is 12.0. The summed E-state index contributed by atoms with van der Waals surface area (Å²) in [6.07, 6.45) is 2.50. The van der Waals surface area contributed by atoms with Gasteiger partial charge in [0.25, 0.3) is 5.91 Å². The van der Waals surface area contributed by atoms with Crippen LogP contribution in [0.3, 0.4) is 0 Å². The Kier molecular flexibility index (Phi) is 5.75. The minimum absolute atomic E-state index is 0.0738. The highest BCUT2D eigenvalue weighted by atomic mass is 35.5. The molecular formula is C28H24Cl2N2O2. The van der Waals surface area contributed by atoms with Crippen molar-refractivity contribution in [3.8, 4) is 0 Å². The summed E-state index contributed by atoms with van der Waals surface area (Å²) >= 11 is 12.7. The molecule has 1 aliphatic heterocycles. The van der Waals surface area contributed by atoms with Gasteiger partial charge < -0.3 is 5.32 Å². The van der Waals surface area contributed by atoms with E-state index in [0.717, 1.165) is 16.9 Å². The predicted octanol–water partition coefficient (Wildman–Crippen LogP) is 7.31. The monoisotopic (exact) mass is 490 g/mol. The number of Topliss-reactive ketones (excluding diaryl/α,β-unsaturated/α-hetero) is 1. The molecule has 0 unspecified atom stereocenters. The van der Waals surface area contributed by atoms with E-state index in [9.17, 15) is 9.59 Å². The first kappa shape index (κ1) is 22.7. The van der Waals surface area contributed by atoms with E-state index in [1.165, 1.54) is 0 Å². The van der Waals surface area contributed by atoms with Crippen LogP contribution in [0.1, 0.15) is 42.2 Å². The van der Waals surface area contributed by atoms with E-state index in [2.05, 4.69) is 11.4 Å². The lowest BCUT2D eigenvalue weighted by Gasteiger charge is -2.39. The van der Waals surface area contributed by atoms with Crippen molar-refractivity contribution in [2.24, 2.45) is 11.3 Å². The standard InChI is InChI=1S/C28H24Cl2N2O2/c1-28(2)15-22-25(24(33)16-28)26(18-12-13-19(29)20(30)14-18)32(23-11-7-6-10-21(23)31-22)27(34)17-8-4-3-5-9-17/h3-15,25-26,31H,16H2,1-2H3/t25-,26-/m0/s1. The van der Waals surface area contributed by atoms with Crippen LogP contribution in [-0.4, -0.2) is 11.7 Å². The molecule has 172 valence electrons. The summed E-state index contributed by atoms with van der Waals surface area (Å²) in [4.78, 5) is 29.5. The summed E-state index contributed by atoms with van der Waals surface area (Å²) in [7, 11) is 0. The minimum Gasteiger partial charge on any atom is -0.357 e. The molecule has 5 rings (SSSR count). The van der Waals surface area contributed by atoms with Gasteiger partial charge in [0.15, 0.2) is 0 Å². The second kappa shape index (κ2) is 8.61. The second-order valence-electron chi connectivity index (χ2n) is 9.51. The Hall–Kier alpha value is -3.08. The molecule has 0 spiro atoms. The number of hydrogen-bond donors (Lipinski definition) is 1. The van der Waals surface area contributed by atoms with Crippen molar-refractivity contribution < 1.29 is 9.59 Å². The molecular weight excluding hydrogens is 467 g/mol. The Morgan fingerprint density at radius 3 is 2.41 bits per heavy atom. The van der Waals surface area contributed by atoms with Gasteiger partial charge in [0, 0.05) is 17.7 Å². The quantitative estimate of drug-likeness (QED) is 0.409. The lowest BCUT2D eigenvalue weighted by molar-refractivity contribution is -0.124. The van der Waals surface area contributed by atoms with Crippen LogP contribution < -0.4 is 10.2 Å². The summed E-state index contributed by atoms with van der Waals surface area (Å²) in [5.74, 6) is -0.695. The Morgan fingerprint density at radius 1 is 0.971 bits per heavy atom. The molecule has 2 aliphatic rings. The molecule has 0 aromatic heterocycles. The van der Waals surface area contributed by atoms with Crippen molar-refractivity contribution in [3.05, 3.63) is 106 Å². The largest absolute Gasteiger partial charge is 0.357 e. The number of allylic oxidation sites excluding steroid dienone is 1. The van der Waals surface area contributed by atoms with Crippen LogP contribution in [0.25, 0.3) is 0 Å². The van der Waals surface area contributed by atoms with E-state index in [4.69, 9.17) is 23.2 Å². The van der Waals surface area contributed by atoms with Gasteiger partial charge in [-0.05, 0) is 47.4 Å². The Balaban J connectivity index is 1.80. The highest BCUT2D eigenvalue weighted by Gasteiger charge is 2.46. The molecule has 0 saturated heterocycles. The zero-order valence-corrected chi connectivity index (χ0v) is 20.4. The van der Waals surface area contributed by atoms with Crippen LogP contribution in [0.5, 0.6) is 0 Å². The van der Waals surface area contributed by atoms with Crippen molar-refractivity contribution in [2.45, 2.75) is 26.3 Å². The van der Waals surface area contributed by atoms with Crippen molar-refractivity contribution in [1.82, 2.24) is 0 Å². The number of halogens is 2. The fourth-order valence-corrected chi connectivity index (χ4v) is 5.30. The number of hydrogen-bond acceptors (Lipinski definition) is 3. The van der Waals surface area contributed by atoms with Gasteiger partial charge >= 0.3 is 0 Å². The normalized spacial score (nSPS) is 21.0. The number of para-hydroxylation sites is 2. The average molecular weight is 491 g/mol. The number of amides is 1. The molecule has 0 saturated carbocycles. The summed E-state index contributed by atoms with van der Waals surface area (Å²) in [5.41, 5.74) is 3.27. The third-order valence-electron chi connectivity index (χ3n) is 6.42. The zero-order chi connectivity index (χ0) is 24.0. The third-order valence-corrected chi connectivity index (χ3v) is 7.16. The van der Waals surface area contributed by atoms with E-state index in [1.807, 2.05) is 62.4 Å². The molecule has 1 amide bonds. The Bertz CT molecular complexity index is 1320. The molecule has 4 nitrogen and oxygen atoms in total. The smallest absolute Gasteiger partial charge is 0.258 e. The third kappa shape index (κ3) is 4.02. The van der Waals surface area contributed by atoms with Gasteiger partial charge in [-0.15, -0.1) is 0 Å². The maximum atomic E-state index is 14.1. The van der Waals surface area contributed by atoms with Gasteiger partial charge in [-0.25, -0.2) is 0 Å². The van der Waals surface area contributed by atoms with E-state index in [-0.39, 0.29) is 17.1 Å². The molecule has 3 aromatic rings. The molecule has 0 fully saturated rings. The SMILES string of the molecule is CC1(C)C=C2Nc3ccccc3N(C(=O)c3ccccc3)[C@@H](c3ccc(Cl)c(Cl)c3)[C@@H]2C(=O)C1. The maximum absolute atomic E-state index is 14.1. The van der Waals surface area contributed by atoms with Gasteiger partial charge in [-0.1, -0.05) is 79.5 Å². The number of fused-ring (bicyclic) bond motifs is 2. The van der Waals surface area contributed by atoms with Gasteiger partial charge in [0.2, 0.25) is 0 Å².